The van der Waals surface area contributed by atoms with Crippen LogP contribution in [0.5, 0.6) is 0 Å². The number of benzene rings is 5. The van der Waals surface area contributed by atoms with Gasteiger partial charge in [-0.05, 0) is 44.9 Å². The summed E-state index contributed by atoms with van der Waals surface area (Å²) in [6.07, 6.45) is 0. The Morgan fingerprint density at radius 3 is 1.86 bits per heavy atom. The van der Waals surface area contributed by atoms with Crippen LogP contribution in [0.1, 0.15) is 62.8 Å². The first kappa shape index (κ1) is 44.3. The van der Waals surface area contributed by atoms with Crippen LogP contribution >= 0.6 is 24.8 Å². The maximum absolute atomic E-state index is 3.06. The van der Waals surface area contributed by atoms with E-state index in [0.717, 1.165) is 0 Å². The standard InChI is InChI=1S/C22H25.C21H17.2CH3.2ClH.Si.Zr/c1-15(2)18-13-17-7-6-8-20(21(17)14-18)16-9-11-19(12-10-16)22(3,4)5;1-14-11-20-15(2)7-10-19(21(20)12-14)18-9-8-16-5-3-4-6-17(16)13-18;;;;;;/h6-15H,1-5H3;3-13H,1-2H3;2*1H3;2*1H;;/q4*-1;;;;. The van der Waals surface area contributed by atoms with Crippen LogP contribution in [0, 0.1) is 28.7 Å². The second kappa shape index (κ2) is 19.0. The Morgan fingerprint density at radius 1 is 0.612 bits per heavy atom. The Bertz CT molecular complexity index is 2070. The van der Waals surface area contributed by atoms with Crippen molar-refractivity contribution in [2.24, 2.45) is 0 Å². The third-order valence-electron chi connectivity index (χ3n) is 8.81. The monoisotopic (exact) mass is 778 g/mol. The fraction of sp³-hybridized carbons (Fsp3) is 0.200. The minimum absolute atomic E-state index is 0. The summed E-state index contributed by atoms with van der Waals surface area (Å²) < 4.78 is 0. The first-order valence-corrected chi connectivity index (χ1v) is 20.0. The van der Waals surface area contributed by atoms with E-state index < -0.39 is 0 Å². The number of fused-ring (bicyclic) bond motifs is 3. The van der Waals surface area contributed by atoms with Gasteiger partial charge in [-0.15, -0.1) is 93.4 Å². The zero-order valence-electron chi connectivity index (χ0n) is 30.4. The fourth-order valence-corrected chi connectivity index (χ4v) is 6.19. The Labute approximate surface area is 325 Å². The summed E-state index contributed by atoms with van der Waals surface area (Å²) in [6.45, 7) is 18.7. The molecule has 4 heteroatoms. The van der Waals surface area contributed by atoms with E-state index in [9.17, 15) is 0 Å². The average molecular weight is 781 g/mol. The van der Waals surface area contributed by atoms with Crippen LogP contribution in [-0.2, 0) is 28.8 Å². The van der Waals surface area contributed by atoms with Crippen molar-refractivity contribution < 1.29 is 23.3 Å². The van der Waals surface area contributed by atoms with E-state index >= 15 is 0 Å². The van der Waals surface area contributed by atoms with Crippen molar-refractivity contribution in [2.45, 2.75) is 59.8 Å². The van der Waals surface area contributed by atoms with Gasteiger partial charge in [-0.1, -0.05) is 132 Å². The van der Waals surface area contributed by atoms with Crippen LogP contribution in [-0.4, -0.2) is 6.88 Å². The predicted molar refractivity (Wildman–Crippen MR) is 223 cm³/mol. The number of rotatable bonds is 3. The molecule has 0 heterocycles. The molecule has 0 aromatic heterocycles. The molecule has 0 amide bonds. The molecule has 49 heavy (non-hydrogen) atoms. The number of halogens is 2. The van der Waals surface area contributed by atoms with Crippen molar-refractivity contribution in [3.05, 3.63) is 158 Å². The number of hydrogen-bond acceptors (Lipinski definition) is 0. The van der Waals surface area contributed by atoms with Gasteiger partial charge in [-0.3, -0.25) is 0 Å². The third kappa shape index (κ3) is 9.95. The summed E-state index contributed by atoms with van der Waals surface area (Å²) in [5.74, 6) is 0.573. The summed E-state index contributed by atoms with van der Waals surface area (Å²) >= 11 is 1.36. The van der Waals surface area contributed by atoms with Crippen LogP contribution in [0.25, 0.3) is 54.6 Å². The van der Waals surface area contributed by atoms with Gasteiger partial charge in [-0.2, -0.15) is 12.1 Å². The molecule has 0 fully saturated rings. The van der Waals surface area contributed by atoms with E-state index in [0.29, 0.717) is 5.92 Å². The Morgan fingerprint density at radius 2 is 1.22 bits per heavy atom. The molecule has 0 N–H and O–H groups in total. The quantitative estimate of drug-likeness (QED) is 0.124. The van der Waals surface area contributed by atoms with Gasteiger partial charge < -0.3 is 14.9 Å². The second-order valence-corrected chi connectivity index (χ2v) is 13.4. The molecule has 2 radical (unpaired) electrons. The molecule has 0 atom stereocenters. The van der Waals surface area contributed by atoms with Crippen molar-refractivity contribution in [1.82, 2.24) is 0 Å². The maximum atomic E-state index is 3.06. The zero-order chi connectivity index (χ0) is 32.3. The number of aryl methyl sites for hydroxylation is 2. The molecule has 0 unspecified atom stereocenters. The molecular formula is C45H50Cl2SiZr-4. The molecule has 0 aliphatic rings. The molecule has 0 aliphatic heterocycles. The van der Waals surface area contributed by atoms with Crippen LogP contribution in [0.4, 0.5) is 0 Å². The second-order valence-electron chi connectivity index (χ2n) is 13.4. The van der Waals surface area contributed by atoms with Crippen molar-refractivity contribution >= 4 is 64.0 Å². The SMILES string of the molecule is CC(C)c1cc2c(-c3ccc(C(C)(C)C)cc3)cccc2[cH-]1.Cc1cc2c(-c3ccc4ccccc4c3)ccc(C)c2[cH-]1.Cl.Cl.[CH3-].[CH3-].[Si]=[Zr]. The molecule has 0 bridgehead atoms. The zero-order valence-corrected chi connectivity index (χ0v) is 35.5. The number of hydrogen-bond donors (Lipinski definition) is 0. The summed E-state index contributed by atoms with van der Waals surface area (Å²) in [7, 11) is 0. The van der Waals surface area contributed by atoms with Gasteiger partial charge in [0.05, 0.1) is 0 Å². The molecule has 7 aromatic rings. The topological polar surface area (TPSA) is 0 Å². The van der Waals surface area contributed by atoms with E-state index in [4.69, 9.17) is 0 Å². The normalized spacial score (nSPS) is 10.4. The first-order valence-electron chi connectivity index (χ1n) is 15.8. The Balaban J connectivity index is 0.000000433. The van der Waals surface area contributed by atoms with Crippen LogP contribution < -0.4 is 0 Å². The first-order chi connectivity index (χ1) is 21.6. The molecule has 7 rings (SSSR count). The van der Waals surface area contributed by atoms with Gasteiger partial charge in [0.25, 0.3) is 0 Å². The average Bonchev–Trinajstić information content (AvgIpc) is 3.66. The van der Waals surface area contributed by atoms with Crippen molar-refractivity contribution in [3.8, 4) is 22.3 Å². The Hall–Kier alpha value is -2.74. The summed E-state index contributed by atoms with van der Waals surface area (Å²) in [6, 6.07) is 44.7. The van der Waals surface area contributed by atoms with Gasteiger partial charge in [-0.25, -0.2) is 0 Å². The molecular weight excluding hydrogens is 731 g/mol. The van der Waals surface area contributed by atoms with E-state index in [2.05, 4.69) is 177 Å². The van der Waals surface area contributed by atoms with Gasteiger partial charge in [0.1, 0.15) is 0 Å². The van der Waals surface area contributed by atoms with Gasteiger partial charge in [0.2, 0.25) is 0 Å². The van der Waals surface area contributed by atoms with E-state index in [1.807, 2.05) is 0 Å². The molecule has 256 valence electrons. The molecule has 0 aliphatic carbocycles. The fourth-order valence-electron chi connectivity index (χ4n) is 6.19. The third-order valence-corrected chi connectivity index (χ3v) is 8.81. The van der Waals surface area contributed by atoms with Crippen molar-refractivity contribution in [2.75, 3.05) is 0 Å². The molecule has 0 spiro atoms. The minimum atomic E-state index is 0. The van der Waals surface area contributed by atoms with Gasteiger partial charge in [0.15, 0.2) is 0 Å². The molecule has 0 saturated heterocycles. The van der Waals surface area contributed by atoms with Crippen molar-refractivity contribution in [3.63, 3.8) is 0 Å². The van der Waals surface area contributed by atoms with E-state index in [1.165, 1.54) is 100 Å². The Kier molecular flexibility index (Phi) is 17.2. The molecule has 0 nitrogen and oxygen atoms in total. The van der Waals surface area contributed by atoms with Gasteiger partial charge >= 0.3 is 30.2 Å². The van der Waals surface area contributed by atoms with Crippen LogP contribution in [0.3, 0.4) is 0 Å². The van der Waals surface area contributed by atoms with Crippen LogP contribution in [0.15, 0.2) is 121 Å². The van der Waals surface area contributed by atoms with Crippen LogP contribution in [0.2, 0.25) is 0 Å². The summed E-state index contributed by atoms with van der Waals surface area (Å²) in [5, 5.41) is 8.05. The summed E-state index contributed by atoms with van der Waals surface area (Å²) in [5.41, 5.74) is 11.0. The van der Waals surface area contributed by atoms with Crippen molar-refractivity contribution in [1.29, 1.82) is 0 Å². The van der Waals surface area contributed by atoms with E-state index in [-0.39, 0.29) is 45.1 Å². The summed E-state index contributed by atoms with van der Waals surface area (Å²) in [4.78, 5) is 0. The van der Waals surface area contributed by atoms with E-state index in [1.54, 1.807) is 0 Å². The molecule has 0 saturated carbocycles. The predicted octanol–water partition coefficient (Wildman–Crippen LogP) is 14.0. The van der Waals surface area contributed by atoms with Gasteiger partial charge in [0, 0.05) is 0 Å². The molecule has 7 aromatic carbocycles.